The van der Waals surface area contributed by atoms with E-state index in [-0.39, 0.29) is 0 Å². The second kappa shape index (κ2) is 6.58. The molecule has 4 rings (SSSR count). The van der Waals surface area contributed by atoms with Gasteiger partial charge in [-0.3, -0.25) is 24.5 Å². The highest BCUT2D eigenvalue weighted by Gasteiger charge is 2.61. The first-order chi connectivity index (χ1) is 13.4. The lowest BCUT2D eigenvalue weighted by atomic mass is 9.86. The smallest absolute Gasteiger partial charge is 0.321 e. The Labute approximate surface area is 159 Å². The van der Waals surface area contributed by atoms with Crippen molar-refractivity contribution < 1.29 is 24.3 Å². The zero-order valence-corrected chi connectivity index (χ0v) is 14.6. The van der Waals surface area contributed by atoms with Gasteiger partial charge in [-0.25, -0.2) is 4.90 Å². The van der Waals surface area contributed by atoms with Crippen LogP contribution in [0.5, 0.6) is 0 Å². The van der Waals surface area contributed by atoms with E-state index in [2.05, 4.69) is 5.32 Å². The van der Waals surface area contributed by atoms with Crippen molar-refractivity contribution in [2.75, 3.05) is 4.90 Å². The van der Waals surface area contributed by atoms with Crippen molar-refractivity contribution >= 4 is 29.4 Å². The quantitative estimate of drug-likeness (QED) is 0.670. The number of carbonyl (C=O) groups is 4. The summed E-state index contributed by atoms with van der Waals surface area (Å²) >= 11 is 0. The molecule has 0 spiro atoms. The maximum Gasteiger partial charge on any atom is 0.321 e. The number of hydrogen-bond acceptors (Lipinski definition) is 5. The Morgan fingerprint density at radius 1 is 0.929 bits per heavy atom. The summed E-state index contributed by atoms with van der Waals surface area (Å²) in [5.74, 6) is -4.62. The molecule has 142 valence electrons. The first-order valence-electron chi connectivity index (χ1n) is 8.71. The molecule has 8 nitrogen and oxygen atoms in total. The van der Waals surface area contributed by atoms with Crippen LogP contribution in [0.4, 0.5) is 5.69 Å². The van der Waals surface area contributed by atoms with Gasteiger partial charge >= 0.3 is 5.97 Å². The number of carboxylic acids is 1. The highest BCUT2D eigenvalue weighted by Crippen LogP contribution is 2.45. The minimum absolute atomic E-state index is 0.299. The van der Waals surface area contributed by atoms with Gasteiger partial charge in [0.15, 0.2) is 0 Å². The summed E-state index contributed by atoms with van der Waals surface area (Å²) in [6.07, 6.45) is 0. The third-order valence-corrected chi connectivity index (χ3v) is 5.31. The summed E-state index contributed by atoms with van der Waals surface area (Å²) in [4.78, 5) is 50.2. The van der Waals surface area contributed by atoms with Crippen molar-refractivity contribution in [2.24, 2.45) is 17.6 Å². The Balaban J connectivity index is 1.74. The molecule has 28 heavy (non-hydrogen) atoms. The minimum atomic E-state index is -1.19. The van der Waals surface area contributed by atoms with Gasteiger partial charge in [0.25, 0.3) is 0 Å². The van der Waals surface area contributed by atoms with Crippen molar-refractivity contribution in [3.63, 3.8) is 0 Å². The topological polar surface area (TPSA) is 130 Å². The summed E-state index contributed by atoms with van der Waals surface area (Å²) in [6, 6.07) is 12.8. The van der Waals surface area contributed by atoms with Crippen molar-refractivity contribution in [3.8, 4) is 0 Å². The van der Waals surface area contributed by atoms with Crippen LogP contribution in [0.1, 0.15) is 22.0 Å². The van der Waals surface area contributed by atoms with Gasteiger partial charge in [-0.2, -0.15) is 0 Å². The largest absolute Gasteiger partial charge is 0.480 e. The van der Waals surface area contributed by atoms with Gasteiger partial charge in [0.05, 0.1) is 17.5 Å². The highest BCUT2D eigenvalue weighted by atomic mass is 16.4. The van der Waals surface area contributed by atoms with E-state index in [0.29, 0.717) is 16.8 Å². The van der Waals surface area contributed by atoms with E-state index in [1.54, 1.807) is 42.5 Å². The average Bonchev–Trinajstić information content (AvgIpc) is 3.20. The molecule has 0 aliphatic carbocycles. The number of nitrogens with two attached hydrogens (primary N) is 1. The summed E-state index contributed by atoms with van der Waals surface area (Å²) < 4.78 is 0. The summed E-state index contributed by atoms with van der Waals surface area (Å²) in [5.41, 5.74) is 6.58. The molecule has 3 amide bonds. The molecule has 4 atom stereocenters. The van der Waals surface area contributed by atoms with Crippen LogP contribution in [-0.4, -0.2) is 34.8 Å². The Kier molecular flexibility index (Phi) is 4.20. The van der Waals surface area contributed by atoms with E-state index in [1.165, 1.54) is 12.1 Å². The lowest BCUT2D eigenvalue weighted by Gasteiger charge is -2.21. The van der Waals surface area contributed by atoms with Crippen LogP contribution in [0.3, 0.4) is 0 Å². The van der Waals surface area contributed by atoms with E-state index in [0.717, 1.165) is 4.90 Å². The number of aliphatic carboxylic acids is 1. The van der Waals surface area contributed by atoms with Gasteiger partial charge in [-0.15, -0.1) is 0 Å². The summed E-state index contributed by atoms with van der Waals surface area (Å²) in [6.45, 7) is 0. The van der Waals surface area contributed by atoms with Gasteiger partial charge in [-0.1, -0.05) is 30.3 Å². The van der Waals surface area contributed by atoms with E-state index in [1.807, 2.05) is 0 Å². The number of amides is 3. The lowest BCUT2D eigenvalue weighted by Crippen LogP contribution is -2.43. The highest BCUT2D eigenvalue weighted by molar-refractivity contribution is 6.23. The number of carboxylic acid groups (broad SMARTS) is 1. The predicted octanol–water partition coefficient (Wildman–Crippen LogP) is 0.689. The SMILES string of the molecule is NC(=O)c1ccc(C2NC(C(=O)O)C3C(=O)N(c4ccccc4)C(=O)C23)cc1. The summed E-state index contributed by atoms with van der Waals surface area (Å²) in [5, 5.41) is 12.5. The molecule has 2 aliphatic heterocycles. The molecule has 0 saturated carbocycles. The summed E-state index contributed by atoms with van der Waals surface area (Å²) in [7, 11) is 0. The Hall–Kier alpha value is -3.52. The number of carbonyl (C=O) groups excluding carboxylic acids is 3. The van der Waals surface area contributed by atoms with E-state index < -0.39 is 47.6 Å². The fourth-order valence-electron chi connectivity index (χ4n) is 4.03. The Morgan fingerprint density at radius 2 is 1.54 bits per heavy atom. The maximum absolute atomic E-state index is 13.1. The number of nitrogens with zero attached hydrogens (tertiary/aromatic N) is 1. The van der Waals surface area contributed by atoms with E-state index >= 15 is 0 Å². The number of primary amides is 1. The Bertz CT molecular complexity index is 973. The number of anilines is 1. The second-order valence-electron chi connectivity index (χ2n) is 6.85. The number of imide groups is 1. The van der Waals surface area contributed by atoms with Crippen molar-refractivity contribution in [1.29, 1.82) is 0 Å². The molecule has 0 bridgehead atoms. The molecule has 0 radical (unpaired) electrons. The second-order valence-corrected chi connectivity index (χ2v) is 6.85. The lowest BCUT2D eigenvalue weighted by molar-refractivity contribution is -0.142. The standard InChI is InChI=1S/C20H17N3O5/c21-17(24)11-8-6-10(7-9-11)15-13-14(16(22-15)20(27)28)19(26)23(18(13)25)12-4-2-1-3-5-12/h1-9,13-16,22H,(H2,21,24)(H,27,28). The molecule has 2 heterocycles. The van der Waals surface area contributed by atoms with Crippen LogP contribution in [0.15, 0.2) is 54.6 Å². The van der Waals surface area contributed by atoms with E-state index in [4.69, 9.17) is 5.73 Å². The van der Waals surface area contributed by atoms with Gasteiger partial charge in [0.2, 0.25) is 17.7 Å². The van der Waals surface area contributed by atoms with Gasteiger partial charge in [-0.05, 0) is 29.8 Å². The van der Waals surface area contributed by atoms with Crippen LogP contribution in [0.2, 0.25) is 0 Å². The number of para-hydroxylation sites is 1. The number of benzene rings is 2. The minimum Gasteiger partial charge on any atom is -0.480 e. The fraction of sp³-hybridized carbons (Fsp3) is 0.200. The molecule has 2 aromatic rings. The zero-order valence-electron chi connectivity index (χ0n) is 14.6. The molecule has 2 aromatic carbocycles. The van der Waals surface area contributed by atoms with Gasteiger partial charge < -0.3 is 10.8 Å². The van der Waals surface area contributed by atoms with Crippen LogP contribution in [0.25, 0.3) is 0 Å². The van der Waals surface area contributed by atoms with Crippen molar-refractivity contribution in [3.05, 3.63) is 65.7 Å². The average molecular weight is 379 g/mol. The Morgan fingerprint density at radius 3 is 2.11 bits per heavy atom. The van der Waals surface area contributed by atoms with Crippen LogP contribution in [0, 0.1) is 11.8 Å². The third kappa shape index (κ3) is 2.66. The molecule has 2 fully saturated rings. The number of hydrogen-bond donors (Lipinski definition) is 3. The molecule has 2 saturated heterocycles. The molecule has 4 N–H and O–H groups in total. The predicted molar refractivity (Wildman–Crippen MR) is 98.2 cm³/mol. The molecule has 8 heteroatoms. The normalized spacial score (nSPS) is 26.4. The van der Waals surface area contributed by atoms with Gasteiger partial charge in [0, 0.05) is 11.6 Å². The van der Waals surface area contributed by atoms with Gasteiger partial charge in [0.1, 0.15) is 6.04 Å². The van der Waals surface area contributed by atoms with Crippen molar-refractivity contribution in [2.45, 2.75) is 12.1 Å². The molecule has 2 aliphatic rings. The molecular formula is C20H17N3O5. The van der Waals surface area contributed by atoms with Crippen LogP contribution in [-0.2, 0) is 14.4 Å². The van der Waals surface area contributed by atoms with Crippen LogP contribution >= 0.6 is 0 Å². The fourth-order valence-corrected chi connectivity index (χ4v) is 4.03. The molecular weight excluding hydrogens is 362 g/mol. The number of nitrogens with one attached hydrogen (secondary N) is 1. The number of rotatable bonds is 4. The molecule has 4 unspecified atom stereocenters. The van der Waals surface area contributed by atoms with E-state index in [9.17, 15) is 24.3 Å². The zero-order chi connectivity index (χ0) is 20.0. The first-order valence-corrected chi connectivity index (χ1v) is 8.71. The monoisotopic (exact) mass is 379 g/mol. The van der Waals surface area contributed by atoms with Crippen LogP contribution < -0.4 is 16.0 Å². The maximum atomic E-state index is 13.1. The first kappa shape index (κ1) is 17.9. The third-order valence-electron chi connectivity index (χ3n) is 5.31. The molecule has 0 aromatic heterocycles. The van der Waals surface area contributed by atoms with Crippen molar-refractivity contribution in [1.82, 2.24) is 5.32 Å². The number of fused-ring (bicyclic) bond motifs is 1.